The van der Waals surface area contributed by atoms with Gasteiger partial charge in [-0.2, -0.15) is 5.10 Å². The van der Waals surface area contributed by atoms with Gasteiger partial charge in [0, 0.05) is 31.3 Å². The Labute approximate surface area is 96.6 Å². The first-order valence-corrected chi connectivity index (χ1v) is 5.74. The van der Waals surface area contributed by atoms with E-state index in [4.69, 9.17) is 4.74 Å². The summed E-state index contributed by atoms with van der Waals surface area (Å²) in [6.45, 7) is 6.39. The highest BCUT2D eigenvalue weighted by molar-refractivity contribution is 5.84. The zero-order valence-corrected chi connectivity index (χ0v) is 10.5. The van der Waals surface area contributed by atoms with Gasteiger partial charge in [0.2, 0.25) is 0 Å². The van der Waals surface area contributed by atoms with Gasteiger partial charge in [0.15, 0.2) is 5.78 Å². The number of carbonyl (C=O) groups excluding carboxylic acids is 1. The smallest absolute Gasteiger partial charge is 0.166 e. The van der Waals surface area contributed by atoms with Crippen LogP contribution in [0.15, 0.2) is 6.20 Å². The van der Waals surface area contributed by atoms with Gasteiger partial charge in [0.25, 0.3) is 0 Å². The Morgan fingerprint density at radius 2 is 2.25 bits per heavy atom. The summed E-state index contributed by atoms with van der Waals surface area (Å²) in [6.07, 6.45) is 2.68. The normalized spacial score (nSPS) is 12.8. The van der Waals surface area contributed by atoms with Gasteiger partial charge in [-0.3, -0.25) is 9.48 Å². The molecular weight excluding hydrogens is 204 g/mol. The lowest BCUT2D eigenvalue weighted by molar-refractivity contribution is -0.130. The van der Waals surface area contributed by atoms with E-state index in [0.717, 1.165) is 17.7 Å². The molecule has 0 aliphatic rings. The zero-order valence-electron chi connectivity index (χ0n) is 10.5. The van der Waals surface area contributed by atoms with E-state index >= 15 is 0 Å². The van der Waals surface area contributed by atoms with Gasteiger partial charge in [-0.25, -0.2) is 0 Å². The predicted octanol–water partition coefficient (Wildman–Crippen LogP) is 2.18. The number of rotatable bonds is 6. The molecule has 90 valence electrons. The third-order valence-electron chi connectivity index (χ3n) is 2.68. The number of ketones is 1. The van der Waals surface area contributed by atoms with Crippen LogP contribution in [-0.4, -0.2) is 22.2 Å². The lowest BCUT2D eigenvalue weighted by atomic mass is 10.0. The van der Waals surface area contributed by atoms with Crippen molar-refractivity contribution < 1.29 is 9.53 Å². The van der Waals surface area contributed by atoms with Crippen LogP contribution in [0, 0.1) is 6.92 Å². The number of hydrogen-bond donors (Lipinski definition) is 0. The number of hydrogen-bond acceptors (Lipinski definition) is 3. The molecule has 0 radical (unpaired) electrons. The number of aromatic nitrogens is 2. The molecular formula is C12H20N2O2. The van der Waals surface area contributed by atoms with Gasteiger partial charge < -0.3 is 4.74 Å². The maximum Gasteiger partial charge on any atom is 0.166 e. The first-order valence-electron chi connectivity index (χ1n) is 5.74. The van der Waals surface area contributed by atoms with Crippen LogP contribution in [0.3, 0.4) is 0 Å². The second-order valence-corrected chi connectivity index (χ2v) is 3.86. The van der Waals surface area contributed by atoms with Crippen molar-refractivity contribution in [3.8, 4) is 0 Å². The molecule has 0 spiro atoms. The summed E-state index contributed by atoms with van der Waals surface area (Å²) in [7, 11) is 1.87. The number of Topliss-reactive ketones (excluding diaryl/α,β-unsaturated/α-hetero) is 1. The van der Waals surface area contributed by atoms with E-state index in [2.05, 4.69) is 5.10 Å². The van der Waals surface area contributed by atoms with E-state index in [1.54, 1.807) is 10.9 Å². The largest absolute Gasteiger partial charge is 0.366 e. The predicted molar refractivity (Wildman–Crippen MR) is 62.2 cm³/mol. The summed E-state index contributed by atoms with van der Waals surface area (Å²) in [6, 6.07) is 0. The lowest BCUT2D eigenvalue weighted by Crippen LogP contribution is -2.16. The fraction of sp³-hybridized carbons (Fsp3) is 0.667. The van der Waals surface area contributed by atoms with Gasteiger partial charge >= 0.3 is 0 Å². The topological polar surface area (TPSA) is 44.1 Å². The van der Waals surface area contributed by atoms with Crippen molar-refractivity contribution in [1.82, 2.24) is 9.78 Å². The van der Waals surface area contributed by atoms with Crippen molar-refractivity contribution in [2.45, 2.75) is 39.7 Å². The molecule has 1 atom stereocenters. The first kappa shape index (κ1) is 12.9. The molecule has 0 fully saturated rings. The fourth-order valence-corrected chi connectivity index (χ4v) is 1.67. The Kier molecular flexibility index (Phi) is 4.68. The Hall–Kier alpha value is -1.16. The Bertz CT molecular complexity index is 358. The van der Waals surface area contributed by atoms with E-state index in [-0.39, 0.29) is 5.78 Å². The third kappa shape index (κ3) is 2.70. The average Bonchev–Trinajstić information content (AvgIpc) is 2.57. The Morgan fingerprint density at radius 1 is 1.56 bits per heavy atom. The molecule has 16 heavy (non-hydrogen) atoms. The number of ether oxygens (including phenoxy) is 1. The molecule has 0 aliphatic heterocycles. The summed E-state index contributed by atoms with van der Waals surface area (Å²) in [5.41, 5.74) is 1.88. The van der Waals surface area contributed by atoms with Gasteiger partial charge in [-0.05, 0) is 20.3 Å². The van der Waals surface area contributed by atoms with E-state index in [0.29, 0.717) is 13.0 Å². The van der Waals surface area contributed by atoms with E-state index in [9.17, 15) is 4.79 Å². The zero-order chi connectivity index (χ0) is 12.1. The maximum atomic E-state index is 11.9. The van der Waals surface area contributed by atoms with Crippen LogP contribution in [0.4, 0.5) is 0 Å². The summed E-state index contributed by atoms with van der Waals surface area (Å²) >= 11 is 0. The number of aryl methyl sites for hydroxylation is 1. The molecule has 1 unspecified atom stereocenters. The summed E-state index contributed by atoms with van der Waals surface area (Å²) in [4.78, 5) is 11.9. The van der Waals surface area contributed by atoms with E-state index in [1.165, 1.54) is 0 Å². The molecule has 0 saturated heterocycles. The average molecular weight is 224 g/mol. The highest BCUT2D eigenvalue weighted by atomic mass is 16.5. The molecule has 0 N–H and O–H groups in total. The highest BCUT2D eigenvalue weighted by Gasteiger charge is 2.23. The van der Waals surface area contributed by atoms with Gasteiger partial charge in [0.1, 0.15) is 6.10 Å². The Morgan fingerprint density at radius 3 is 2.69 bits per heavy atom. The molecule has 4 heteroatoms. The van der Waals surface area contributed by atoms with Crippen molar-refractivity contribution in [3.05, 3.63) is 17.5 Å². The molecule has 0 amide bonds. The number of nitrogens with zero attached hydrogens (tertiary/aromatic N) is 2. The van der Waals surface area contributed by atoms with Crippen LogP contribution in [0.5, 0.6) is 0 Å². The van der Waals surface area contributed by atoms with Crippen molar-refractivity contribution in [2.75, 3.05) is 6.61 Å². The first-order chi connectivity index (χ1) is 7.61. The maximum absolute atomic E-state index is 11.9. The van der Waals surface area contributed by atoms with Crippen LogP contribution in [0.2, 0.25) is 0 Å². The van der Waals surface area contributed by atoms with Crippen molar-refractivity contribution in [1.29, 1.82) is 0 Å². The van der Waals surface area contributed by atoms with Gasteiger partial charge in [-0.15, -0.1) is 0 Å². The van der Waals surface area contributed by atoms with Crippen LogP contribution in [-0.2, 0) is 16.6 Å². The standard InChI is InChI=1S/C12H20N2O2/c1-5-7-11(15)12(16-6-2)10-8-13-14(4)9(10)3/h8,12H,5-7H2,1-4H3. The quantitative estimate of drug-likeness (QED) is 0.744. The van der Waals surface area contributed by atoms with Crippen LogP contribution >= 0.6 is 0 Å². The van der Waals surface area contributed by atoms with Crippen molar-refractivity contribution in [3.63, 3.8) is 0 Å². The van der Waals surface area contributed by atoms with Crippen LogP contribution in [0.25, 0.3) is 0 Å². The van der Waals surface area contributed by atoms with Crippen LogP contribution in [0.1, 0.15) is 44.1 Å². The molecule has 1 rings (SSSR count). The van der Waals surface area contributed by atoms with E-state index < -0.39 is 6.10 Å². The van der Waals surface area contributed by atoms with Gasteiger partial charge in [0.05, 0.1) is 6.20 Å². The van der Waals surface area contributed by atoms with Gasteiger partial charge in [-0.1, -0.05) is 6.92 Å². The minimum absolute atomic E-state index is 0.139. The highest BCUT2D eigenvalue weighted by Crippen LogP contribution is 2.23. The van der Waals surface area contributed by atoms with E-state index in [1.807, 2.05) is 27.8 Å². The molecule has 1 aromatic rings. The molecule has 4 nitrogen and oxygen atoms in total. The molecule has 1 aromatic heterocycles. The van der Waals surface area contributed by atoms with Crippen LogP contribution < -0.4 is 0 Å². The molecule has 0 aromatic carbocycles. The fourth-order valence-electron chi connectivity index (χ4n) is 1.67. The summed E-state index contributed by atoms with van der Waals surface area (Å²) in [5, 5.41) is 4.15. The lowest BCUT2D eigenvalue weighted by Gasteiger charge is -2.15. The second-order valence-electron chi connectivity index (χ2n) is 3.86. The molecule has 0 bridgehead atoms. The summed E-state index contributed by atoms with van der Waals surface area (Å²) in [5.74, 6) is 0.139. The monoisotopic (exact) mass is 224 g/mol. The Balaban J connectivity index is 2.93. The molecule has 1 heterocycles. The third-order valence-corrected chi connectivity index (χ3v) is 2.68. The summed E-state index contributed by atoms with van der Waals surface area (Å²) < 4.78 is 7.30. The van der Waals surface area contributed by atoms with Crippen molar-refractivity contribution in [2.24, 2.45) is 7.05 Å². The minimum atomic E-state index is -0.446. The second kappa shape index (κ2) is 5.80. The molecule has 0 aliphatic carbocycles. The minimum Gasteiger partial charge on any atom is -0.366 e. The SMILES string of the molecule is CCCC(=O)C(OCC)c1cnn(C)c1C. The number of carbonyl (C=O) groups is 1. The molecule has 0 saturated carbocycles. The van der Waals surface area contributed by atoms with Crippen molar-refractivity contribution >= 4 is 5.78 Å².